The molecule has 0 saturated heterocycles. The first-order valence-electron chi connectivity index (χ1n) is 4.79. The molecule has 0 fully saturated rings. The second-order valence-electron chi connectivity index (χ2n) is 3.76. The zero-order chi connectivity index (χ0) is 12.8. The lowest BCUT2D eigenvalue weighted by atomic mass is 10.1. The summed E-state index contributed by atoms with van der Waals surface area (Å²) in [5.74, 6) is 0.0397. The first kappa shape index (κ1) is 15.8. The van der Waals surface area contributed by atoms with E-state index in [-0.39, 0.29) is 19.1 Å². The van der Waals surface area contributed by atoms with Gasteiger partial charge in [0, 0.05) is 0 Å². The van der Waals surface area contributed by atoms with Crippen LogP contribution >= 0.6 is 0 Å². The van der Waals surface area contributed by atoms with Gasteiger partial charge in [-0.2, -0.15) is 16.8 Å². The lowest BCUT2D eigenvalue weighted by Gasteiger charge is -2.10. The molecule has 0 amide bonds. The van der Waals surface area contributed by atoms with Gasteiger partial charge in [-0.1, -0.05) is 6.92 Å². The van der Waals surface area contributed by atoms with Gasteiger partial charge in [0.05, 0.1) is 25.7 Å². The van der Waals surface area contributed by atoms with E-state index in [2.05, 4.69) is 8.37 Å². The van der Waals surface area contributed by atoms with Crippen molar-refractivity contribution < 1.29 is 25.2 Å². The van der Waals surface area contributed by atoms with Crippen LogP contribution < -0.4 is 0 Å². The average molecular weight is 274 g/mol. The highest BCUT2D eigenvalue weighted by Crippen LogP contribution is 2.08. The minimum atomic E-state index is -3.40. The second kappa shape index (κ2) is 6.53. The fraction of sp³-hybridized carbons (Fsp3) is 1.00. The quantitative estimate of drug-likeness (QED) is 0.469. The summed E-state index contributed by atoms with van der Waals surface area (Å²) in [6.45, 7) is 2.05. The molecule has 1 unspecified atom stereocenters. The molecule has 0 aromatic rings. The first-order chi connectivity index (χ1) is 7.10. The summed E-state index contributed by atoms with van der Waals surface area (Å²) in [4.78, 5) is 0. The molecule has 0 spiro atoms. The Morgan fingerprint density at radius 1 is 1.00 bits per heavy atom. The molecule has 0 aromatic heterocycles. The van der Waals surface area contributed by atoms with Crippen LogP contribution in [0.5, 0.6) is 0 Å². The van der Waals surface area contributed by atoms with Crippen LogP contribution in [0.25, 0.3) is 0 Å². The van der Waals surface area contributed by atoms with Gasteiger partial charge >= 0.3 is 0 Å². The van der Waals surface area contributed by atoms with Gasteiger partial charge in [0.2, 0.25) is 0 Å². The third kappa shape index (κ3) is 11.9. The Labute approximate surface area is 97.2 Å². The highest BCUT2D eigenvalue weighted by molar-refractivity contribution is 7.86. The molecule has 6 nitrogen and oxygen atoms in total. The smallest absolute Gasteiger partial charge is 0.264 e. The molecule has 0 saturated carbocycles. The number of hydrogen-bond donors (Lipinski definition) is 0. The molecule has 98 valence electrons. The fourth-order valence-electron chi connectivity index (χ4n) is 0.965. The standard InChI is InChI=1S/C8H18O6S2/c1-8(7-14-16(3,11)12)5-4-6-13-15(2,9)10/h8H,4-7H2,1-3H3. The molecule has 0 heterocycles. The summed E-state index contributed by atoms with van der Waals surface area (Å²) in [7, 11) is -6.78. The second-order valence-corrected chi connectivity index (χ2v) is 7.05. The van der Waals surface area contributed by atoms with Gasteiger partial charge in [0.1, 0.15) is 0 Å². The van der Waals surface area contributed by atoms with Crippen LogP contribution in [0, 0.1) is 5.92 Å². The Morgan fingerprint density at radius 3 is 1.94 bits per heavy atom. The maximum absolute atomic E-state index is 10.7. The summed E-state index contributed by atoms with van der Waals surface area (Å²) >= 11 is 0. The Morgan fingerprint density at radius 2 is 1.50 bits per heavy atom. The van der Waals surface area contributed by atoms with Crippen molar-refractivity contribution in [3.05, 3.63) is 0 Å². The van der Waals surface area contributed by atoms with E-state index < -0.39 is 20.2 Å². The van der Waals surface area contributed by atoms with Crippen molar-refractivity contribution in [3.63, 3.8) is 0 Å². The molecule has 16 heavy (non-hydrogen) atoms. The van der Waals surface area contributed by atoms with E-state index in [4.69, 9.17) is 0 Å². The van der Waals surface area contributed by atoms with Crippen LogP contribution in [0.1, 0.15) is 19.8 Å². The minimum absolute atomic E-state index is 0.0397. The monoisotopic (exact) mass is 274 g/mol. The average Bonchev–Trinajstić information content (AvgIpc) is 2.06. The normalized spacial score (nSPS) is 14.9. The summed E-state index contributed by atoms with van der Waals surface area (Å²) in [5.41, 5.74) is 0. The molecular formula is C8H18O6S2. The van der Waals surface area contributed by atoms with Crippen LogP contribution in [0.2, 0.25) is 0 Å². The molecule has 1 atom stereocenters. The first-order valence-corrected chi connectivity index (χ1v) is 8.42. The predicted octanol–water partition coefficient (Wildman–Crippen LogP) is 0.355. The molecule has 0 aliphatic heterocycles. The van der Waals surface area contributed by atoms with Crippen LogP contribution in [0.3, 0.4) is 0 Å². The number of rotatable bonds is 8. The maximum Gasteiger partial charge on any atom is 0.264 e. The predicted molar refractivity (Wildman–Crippen MR) is 60.0 cm³/mol. The van der Waals surface area contributed by atoms with Gasteiger partial charge in [-0.15, -0.1) is 0 Å². The molecular weight excluding hydrogens is 256 g/mol. The van der Waals surface area contributed by atoms with Crippen molar-refractivity contribution in [3.8, 4) is 0 Å². The molecule has 0 bridgehead atoms. The molecule has 0 N–H and O–H groups in total. The Kier molecular flexibility index (Phi) is 6.46. The molecule has 8 heteroatoms. The van der Waals surface area contributed by atoms with Crippen molar-refractivity contribution in [2.24, 2.45) is 5.92 Å². The highest BCUT2D eigenvalue weighted by Gasteiger charge is 2.08. The molecule has 0 aliphatic carbocycles. The largest absolute Gasteiger partial charge is 0.270 e. The van der Waals surface area contributed by atoms with E-state index in [0.717, 1.165) is 12.5 Å². The van der Waals surface area contributed by atoms with E-state index in [1.807, 2.05) is 6.92 Å². The third-order valence-corrected chi connectivity index (χ3v) is 2.86. The van der Waals surface area contributed by atoms with E-state index in [9.17, 15) is 16.8 Å². The molecule has 0 aliphatic rings. The third-order valence-electron chi connectivity index (χ3n) is 1.71. The van der Waals surface area contributed by atoms with Gasteiger partial charge in [-0.3, -0.25) is 8.37 Å². The van der Waals surface area contributed by atoms with Gasteiger partial charge in [-0.25, -0.2) is 0 Å². The maximum atomic E-state index is 10.7. The minimum Gasteiger partial charge on any atom is -0.270 e. The SMILES string of the molecule is CC(CCCOS(C)(=O)=O)COS(C)(=O)=O. The van der Waals surface area contributed by atoms with E-state index >= 15 is 0 Å². The van der Waals surface area contributed by atoms with Gasteiger partial charge < -0.3 is 0 Å². The van der Waals surface area contributed by atoms with E-state index in [1.54, 1.807) is 0 Å². The summed E-state index contributed by atoms with van der Waals surface area (Å²) < 4.78 is 51.7. The van der Waals surface area contributed by atoms with Crippen molar-refractivity contribution in [2.75, 3.05) is 25.7 Å². The van der Waals surface area contributed by atoms with Crippen molar-refractivity contribution in [1.82, 2.24) is 0 Å². The van der Waals surface area contributed by atoms with Crippen molar-refractivity contribution in [2.45, 2.75) is 19.8 Å². The molecule has 0 rings (SSSR count). The van der Waals surface area contributed by atoms with Gasteiger partial charge in [0.25, 0.3) is 20.2 Å². The van der Waals surface area contributed by atoms with Crippen LogP contribution in [-0.4, -0.2) is 42.6 Å². The van der Waals surface area contributed by atoms with Crippen molar-refractivity contribution >= 4 is 20.2 Å². The zero-order valence-corrected chi connectivity index (χ0v) is 11.3. The summed E-state index contributed by atoms with van der Waals surface area (Å²) in [6.07, 6.45) is 3.17. The van der Waals surface area contributed by atoms with Crippen LogP contribution in [0.15, 0.2) is 0 Å². The molecule has 0 aromatic carbocycles. The van der Waals surface area contributed by atoms with E-state index in [0.29, 0.717) is 12.8 Å². The lowest BCUT2D eigenvalue weighted by molar-refractivity contribution is 0.242. The lowest BCUT2D eigenvalue weighted by Crippen LogP contribution is -2.12. The summed E-state index contributed by atoms with van der Waals surface area (Å²) in [6, 6.07) is 0. The zero-order valence-electron chi connectivity index (χ0n) is 9.67. The van der Waals surface area contributed by atoms with Gasteiger partial charge in [-0.05, 0) is 18.8 Å². The Hall–Kier alpha value is -0.180. The Bertz CT molecular complexity index is 383. The van der Waals surface area contributed by atoms with Crippen LogP contribution in [-0.2, 0) is 28.6 Å². The summed E-state index contributed by atoms with van der Waals surface area (Å²) in [5, 5.41) is 0. The van der Waals surface area contributed by atoms with E-state index in [1.165, 1.54) is 0 Å². The van der Waals surface area contributed by atoms with Gasteiger partial charge in [0.15, 0.2) is 0 Å². The fourth-order valence-corrected chi connectivity index (χ4v) is 1.87. The highest BCUT2D eigenvalue weighted by atomic mass is 32.2. The van der Waals surface area contributed by atoms with Crippen molar-refractivity contribution in [1.29, 1.82) is 0 Å². The van der Waals surface area contributed by atoms with Crippen LogP contribution in [0.4, 0.5) is 0 Å². The molecule has 0 radical (unpaired) electrons. The Balaban J connectivity index is 3.63. The number of hydrogen-bond acceptors (Lipinski definition) is 6. The topological polar surface area (TPSA) is 86.7 Å².